The maximum atomic E-state index is 6.00. The van der Waals surface area contributed by atoms with Gasteiger partial charge < -0.3 is 14.2 Å². The van der Waals surface area contributed by atoms with Crippen molar-refractivity contribution < 1.29 is 4.43 Å². The molecule has 1 fully saturated rings. The molecule has 1 aliphatic rings. The molecule has 0 amide bonds. The van der Waals surface area contributed by atoms with Gasteiger partial charge in [0.25, 0.3) is 0 Å². The summed E-state index contributed by atoms with van der Waals surface area (Å²) in [5.41, 5.74) is 0. The van der Waals surface area contributed by atoms with E-state index in [1.807, 2.05) is 0 Å². The van der Waals surface area contributed by atoms with Crippen LogP contribution in [-0.2, 0) is 4.43 Å². The first-order valence-corrected chi connectivity index (χ1v) is 10.2. The van der Waals surface area contributed by atoms with Crippen LogP contribution >= 0.6 is 0 Å². The van der Waals surface area contributed by atoms with Crippen molar-refractivity contribution in [2.75, 3.05) is 46.4 Å². The van der Waals surface area contributed by atoms with Crippen LogP contribution in [0.3, 0.4) is 0 Å². The monoisotopic (exact) mass is 258 g/mol. The quantitative estimate of drug-likeness (QED) is 0.652. The van der Waals surface area contributed by atoms with Crippen molar-refractivity contribution in [3.63, 3.8) is 0 Å². The van der Waals surface area contributed by atoms with E-state index in [-0.39, 0.29) is 0 Å². The van der Waals surface area contributed by atoms with Crippen molar-refractivity contribution in [2.24, 2.45) is 0 Å². The molecule has 0 bridgehead atoms. The topological polar surface area (TPSA) is 15.7 Å². The van der Waals surface area contributed by atoms with Gasteiger partial charge in [-0.05, 0) is 45.6 Å². The minimum absolute atomic E-state index is 0.952. The Bertz CT molecular complexity index is 204. The molecule has 0 aromatic heterocycles. The predicted octanol–water partition coefficient (Wildman–Crippen LogP) is 2.26. The second-order valence-electron chi connectivity index (χ2n) is 5.86. The number of rotatable bonds is 7. The van der Waals surface area contributed by atoms with Crippen molar-refractivity contribution in [1.82, 2.24) is 9.80 Å². The van der Waals surface area contributed by atoms with Crippen LogP contribution in [-0.4, -0.2) is 64.5 Å². The first-order valence-electron chi connectivity index (χ1n) is 7.08. The SMILES string of the molecule is CCCO[Si](C)(C)CCCN1CCN(C)CC1. The fourth-order valence-electron chi connectivity index (χ4n) is 2.25. The third-order valence-corrected chi connectivity index (χ3v) is 6.09. The first kappa shape index (κ1) is 15.2. The Balaban J connectivity index is 2.10. The predicted molar refractivity (Wildman–Crippen MR) is 77.1 cm³/mol. The Morgan fingerprint density at radius 1 is 1.12 bits per heavy atom. The van der Waals surface area contributed by atoms with Crippen LogP contribution < -0.4 is 0 Å². The van der Waals surface area contributed by atoms with Crippen molar-refractivity contribution in [3.05, 3.63) is 0 Å². The lowest BCUT2D eigenvalue weighted by molar-refractivity contribution is 0.153. The normalized spacial score (nSPS) is 19.8. The highest BCUT2D eigenvalue weighted by atomic mass is 28.4. The Kier molecular flexibility index (Phi) is 6.70. The van der Waals surface area contributed by atoms with E-state index in [9.17, 15) is 0 Å². The minimum atomic E-state index is -1.36. The summed E-state index contributed by atoms with van der Waals surface area (Å²) in [6.07, 6.45) is 2.46. The molecule has 0 saturated carbocycles. The van der Waals surface area contributed by atoms with E-state index < -0.39 is 8.32 Å². The molecule has 102 valence electrons. The van der Waals surface area contributed by atoms with Gasteiger partial charge in [-0.3, -0.25) is 0 Å². The molecule has 1 heterocycles. The van der Waals surface area contributed by atoms with Gasteiger partial charge >= 0.3 is 0 Å². The zero-order valence-electron chi connectivity index (χ0n) is 12.2. The lowest BCUT2D eigenvalue weighted by Gasteiger charge is -2.33. The summed E-state index contributed by atoms with van der Waals surface area (Å²) >= 11 is 0. The standard InChI is InChI=1S/C13H30N2OSi/c1-5-12-16-17(3,4)13-6-7-15-10-8-14(2)9-11-15/h5-13H2,1-4H3. The van der Waals surface area contributed by atoms with Gasteiger partial charge in [0, 0.05) is 32.8 Å². The molecule has 1 aliphatic heterocycles. The van der Waals surface area contributed by atoms with E-state index in [0.29, 0.717) is 0 Å². The van der Waals surface area contributed by atoms with Gasteiger partial charge in [0.15, 0.2) is 8.32 Å². The van der Waals surface area contributed by atoms with Gasteiger partial charge in [-0.25, -0.2) is 0 Å². The van der Waals surface area contributed by atoms with Crippen LogP contribution in [0.25, 0.3) is 0 Å². The van der Waals surface area contributed by atoms with Crippen LogP contribution in [0.1, 0.15) is 19.8 Å². The van der Waals surface area contributed by atoms with Gasteiger partial charge in [0.05, 0.1) is 0 Å². The summed E-state index contributed by atoms with van der Waals surface area (Å²) in [5, 5.41) is 0. The number of likely N-dealkylation sites (N-methyl/N-ethyl adjacent to an activating group) is 1. The molecule has 1 rings (SSSR count). The molecule has 3 nitrogen and oxygen atoms in total. The van der Waals surface area contributed by atoms with Gasteiger partial charge in [-0.15, -0.1) is 0 Å². The zero-order valence-corrected chi connectivity index (χ0v) is 13.2. The molecule has 0 spiro atoms. The average Bonchev–Trinajstić information content (AvgIpc) is 2.29. The molecule has 0 aliphatic carbocycles. The smallest absolute Gasteiger partial charge is 0.186 e. The first-order chi connectivity index (χ1) is 8.03. The van der Waals surface area contributed by atoms with Crippen LogP contribution in [0.15, 0.2) is 0 Å². The summed E-state index contributed by atoms with van der Waals surface area (Å²) in [6, 6.07) is 1.30. The highest BCUT2D eigenvalue weighted by Crippen LogP contribution is 2.15. The summed E-state index contributed by atoms with van der Waals surface area (Å²) in [5.74, 6) is 0. The number of nitrogens with zero attached hydrogens (tertiary/aromatic N) is 2. The lowest BCUT2D eigenvalue weighted by Crippen LogP contribution is -2.45. The molecule has 0 aromatic carbocycles. The summed E-state index contributed by atoms with van der Waals surface area (Å²) in [6.45, 7) is 14.1. The van der Waals surface area contributed by atoms with Gasteiger partial charge in [-0.1, -0.05) is 6.92 Å². The van der Waals surface area contributed by atoms with Crippen molar-refractivity contribution in [1.29, 1.82) is 0 Å². The van der Waals surface area contributed by atoms with Crippen LogP contribution in [0, 0.1) is 0 Å². The fourth-order valence-corrected chi connectivity index (χ4v) is 4.16. The Morgan fingerprint density at radius 3 is 2.35 bits per heavy atom. The fraction of sp³-hybridized carbons (Fsp3) is 1.00. The minimum Gasteiger partial charge on any atom is -0.417 e. The van der Waals surface area contributed by atoms with Crippen molar-refractivity contribution in [3.8, 4) is 0 Å². The maximum absolute atomic E-state index is 6.00. The van der Waals surface area contributed by atoms with Gasteiger partial charge in [0.2, 0.25) is 0 Å². The number of piperazine rings is 1. The lowest BCUT2D eigenvalue weighted by atomic mass is 10.3. The third kappa shape index (κ3) is 6.55. The molecule has 0 atom stereocenters. The van der Waals surface area contributed by atoms with E-state index in [2.05, 4.69) is 36.9 Å². The van der Waals surface area contributed by atoms with E-state index in [1.165, 1.54) is 45.2 Å². The number of hydrogen-bond acceptors (Lipinski definition) is 3. The second kappa shape index (κ2) is 7.51. The van der Waals surface area contributed by atoms with Crippen LogP contribution in [0.5, 0.6) is 0 Å². The molecule has 0 radical (unpaired) electrons. The number of hydrogen-bond donors (Lipinski definition) is 0. The Morgan fingerprint density at radius 2 is 1.76 bits per heavy atom. The summed E-state index contributed by atoms with van der Waals surface area (Å²) in [4.78, 5) is 5.02. The van der Waals surface area contributed by atoms with Crippen LogP contribution in [0.4, 0.5) is 0 Å². The van der Waals surface area contributed by atoms with Crippen molar-refractivity contribution in [2.45, 2.75) is 38.9 Å². The molecule has 0 N–H and O–H groups in total. The summed E-state index contributed by atoms with van der Waals surface area (Å²) < 4.78 is 6.00. The molecular formula is C13H30N2OSi. The van der Waals surface area contributed by atoms with E-state index >= 15 is 0 Å². The van der Waals surface area contributed by atoms with Gasteiger partial charge in [-0.2, -0.15) is 0 Å². The van der Waals surface area contributed by atoms with Gasteiger partial charge in [0.1, 0.15) is 0 Å². The Labute approximate surface area is 108 Å². The molecule has 17 heavy (non-hydrogen) atoms. The molecule has 4 heteroatoms. The molecule has 0 unspecified atom stereocenters. The zero-order chi connectivity index (χ0) is 12.7. The highest BCUT2D eigenvalue weighted by molar-refractivity contribution is 6.71. The van der Waals surface area contributed by atoms with Crippen molar-refractivity contribution >= 4 is 8.32 Å². The second-order valence-corrected chi connectivity index (χ2v) is 10.2. The van der Waals surface area contributed by atoms with E-state index in [4.69, 9.17) is 4.43 Å². The average molecular weight is 258 g/mol. The Hall–Kier alpha value is 0.0969. The molecule has 0 aromatic rings. The molecular weight excluding hydrogens is 228 g/mol. The van der Waals surface area contributed by atoms with E-state index in [0.717, 1.165) is 13.0 Å². The molecule has 1 saturated heterocycles. The maximum Gasteiger partial charge on any atom is 0.186 e. The summed E-state index contributed by atoms with van der Waals surface area (Å²) in [7, 11) is 0.855. The van der Waals surface area contributed by atoms with Crippen LogP contribution in [0.2, 0.25) is 19.1 Å². The largest absolute Gasteiger partial charge is 0.417 e. The van der Waals surface area contributed by atoms with E-state index in [1.54, 1.807) is 0 Å². The third-order valence-electron chi connectivity index (χ3n) is 3.55. The highest BCUT2D eigenvalue weighted by Gasteiger charge is 2.22.